The Balaban J connectivity index is 2.81. The molecule has 0 aliphatic carbocycles. The van der Waals surface area contributed by atoms with Crippen LogP contribution in [-0.2, 0) is 6.54 Å². The molecule has 0 saturated heterocycles. The Labute approximate surface area is 86.8 Å². The Hall–Kier alpha value is -2.36. The first kappa shape index (κ1) is 10.7. The van der Waals surface area contributed by atoms with Crippen molar-refractivity contribution < 1.29 is 0 Å². The maximum atomic E-state index is 8.78. The third kappa shape index (κ3) is 2.31. The number of hydrogen-bond donors (Lipinski definition) is 1. The lowest BCUT2D eigenvalue weighted by Crippen LogP contribution is -2.19. The van der Waals surface area contributed by atoms with E-state index in [0.717, 1.165) is 0 Å². The van der Waals surface area contributed by atoms with Gasteiger partial charge in [0.15, 0.2) is 11.4 Å². The van der Waals surface area contributed by atoms with E-state index in [-0.39, 0.29) is 11.4 Å². The van der Waals surface area contributed by atoms with E-state index in [1.54, 1.807) is 0 Å². The standard InChI is InChI=1S/C9H8N6/c10-3-7(13)1-2-15-6-14-8(4-11)9(15)5-12/h6-7H,1-2,13H2. The number of aryl methyl sites for hydroxylation is 1. The van der Waals surface area contributed by atoms with Crippen molar-refractivity contribution in [3.8, 4) is 18.2 Å². The topological polar surface area (TPSA) is 115 Å². The number of rotatable bonds is 3. The van der Waals surface area contributed by atoms with E-state index >= 15 is 0 Å². The van der Waals surface area contributed by atoms with Crippen molar-refractivity contribution in [2.75, 3.05) is 0 Å². The molecule has 74 valence electrons. The highest BCUT2D eigenvalue weighted by molar-refractivity contribution is 5.35. The van der Waals surface area contributed by atoms with Gasteiger partial charge in [0, 0.05) is 6.54 Å². The molecule has 0 aliphatic rings. The van der Waals surface area contributed by atoms with E-state index in [4.69, 9.17) is 21.5 Å². The smallest absolute Gasteiger partial charge is 0.176 e. The average Bonchev–Trinajstić information content (AvgIpc) is 2.67. The molecule has 15 heavy (non-hydrogen) atoms. The average molecular weight is 200 g/mol. The second kappa shape index (κ2) is 4.76. The van der Waals surface area contributed by atoms with Gasteiger partial charge in [-0.2, -0.15) is 15.8 Å². The van der Waals surface area contributed by atoms with E-state index in [1.165, 1.54) is 10.9 Å². The van der Waals surface area contributed by atoms with Gasteiger partial charge in [-0.3, -0.25) is 0 Å². The molecule has 1 atom stereocenters. The third-order valence-corrected chi connectivity index (χ3v) is 1.90. The summed E-state index contributed by atoms with van der Waals surface area (Å²) in [5.41, 5.74) is 5.72. The first-order valence-corrected chi connectivity index (χ1v) is 4.23. The van der Waals surface area contributed by atoms with E-state index < -0.39 is 6.04 Å². The molecule has 0 aromatic carbocycles. The lowest BCUT2D eigenvalue weighted by molar-refractivity contribution is 0.601. The molecule has 0 bridgehead atoms. The minimum absolute atomic E-state index is 0.100. The number of nitrogens with zero attached hydrogens (tertiary/aromatic N) is 5. The van der Waals surface area contributed by atoms with Gasteiger partial charge in [0.1, 0.15) is 12.1 Å². The van der Waals surface area contributed by atoms with Crippen LogP contribution in [0.3, 0.4) is 0 Å². The van der Waals surface area contributed by atoms with Crippen LogP contribution in [0.15, 0.2) is 6.33 Å². The zero-order valence-electron chi connectivity index (χ0n) is 7.88. The Bertz CT molecular complexity index is 466. The van der Waals surface area contributed by atoms with E-state index in [9.17, 15) is 0 Å². The highest BCUT2D eigenvalue weighted by atomic mass is 15.1. The molecule has 0 aliphatic heterocycles. The molecule has 0 radical (unpaired) electrons. The Morgan fingerprint density at radius 2 is 2.13 bits per heavy atom. The van der Waals surface area contributed by atoms with Crippen LogP contribution in [0.1, 0.15) is 17.8 Å². The summed E-state index contributed by atoms with van der Waals surface area (Å²) in [4.78, 5) is 3.76. The quantitative estimate of drug-likeness (QED) is 0.729. The van der Waals surface area contributed by atoms with Crippen LogP contribution in [0.4, 0.5) is 0 Å². The summed E-state index contributed by atoms with van der Waals surface area (Å²) in [6, 6.07) is 5.03. The highest BCUT2D eigenvalue weighted by Crippen LogP contribution is 2.06. The van der Waals surface area contributed by atoms with Crippen molar-refractivity contribution in [2.45, 2.75) is 19.0 Å². The minimum Gasteiger partial charge on any atom is -0.321 e. The van der Waals surface area contributed by atoms with Gasteiger partial charge in [-0.25, -0.2) is 4.98 Å². The molecule has 1 rings (SSSR count). The Morgan fingerprint density at radius 3 is 2.67 bits per heavy atom. The molecule has 1 aromatic rings. The molecule has 6 nitrogen and oxygen atoms in total. The fourth-order valence-corrected chi connectivity index (χ4v) is 1.09. The normalized spacial score (nSPS) is 11.1. The predicted octanol–water partition coefficient (Wildman–Crippen LogP) is -0.133. The SMILES string of the molecule is N#Cc1ncn(CCC(N)C#N)c1C#N. The molecule has 0 amide bonds. The van der Waals surface area contributed by atoms with Gasteiger partial charge in [0.25, 0.3) is 0 Å². The maximum Gasteiger partial charge on any atom is 0.176 e. The monoisotopic (exact) mass is 200 g/mol. The summed E-state index contributed by atoms with van der Waals surface area (Å²) in [6.45, 7) is 0.409. The van der Waals surface area contributed by atoms with Crippen LogP contribution >= 0.6 is 0 Å². The first-order chi connectivity index (χ1) is 7.22. The van der Waals surface area contributed by atoms with Crippen LogP contribution in [0, 0.1) is 34.0 Å². The van der Waals surface area contributed by atoms with Crippen molar-refractivity contribution in [2.24, 2.45) is 5.73 Å². The second-order valence-electron chi connectivity index (χ2n) is 2.88. The molecule has 1 unspecified atom stereocenters. The Morgan fingerprint density at radius 1 is 1.40 bits per heavy atom. The van der Waals surface area contributed by atoms with Crippen molar-refractivity contribution >= 4 is 0 Å². The molecule has 0 saturated carbocycles. The minimum atomic E-state index is -0.565. The van der Waals surface area contributed by atoms with Crippen LogP contribution in [0.5, 0.6) is 0 Å². The summed E-state index contributed by atoms with van der Waals surface area (Å²) >= 11 is 0. The molecular weight excluding hydrogens is 192 g/mol. The predicted molar refractivity (Wildman–Crippen MR) is 49.9 cm³/mol. The summed E-state index contributed by atoms with van der Waals surface area (Å²) in [6.07, 6.45) is 1.83. The number of hydrogen-bond acceptors (Lipinski definition) is 5. The summed E-state index contributed by atoms with van der Waals surface area (Å²) in [7, 11) is 0. The van der Waals surface area contributed by atoms with Gasteiger partial charge < -0.3 is 10.3 Å². The molecule has 0 spiro atoms. The molecular formula is C9H8N6. The third-order valence-electron chi connectivity index (χ3n) is 1.90. The molecule has 1 aromatic heterocycles. The number of nitrogens with two attached hydrogens (primary N) is 1. The molecule has 2 N–H and O–H groups in total. The number of imidazole rings is 1. The fraction of sp³-hybridized carbons (Fsp3) is 0.333. The molecule has 6 heteroatoms. The van der Waals surface area contributed by atoms with Gasteiger partial charge in [0.05, 0.1) is 18.4 Å². The van der Waals surface area contributed by atoms with Crippen molar-refractivity contribution in [1.82, 2.24) is 9.55 Å². The van der Waals surface area contributed by atoms with Gasteiger partial charge in [-0.05, 0) is 6.42 Å². The summed E-state index contributed by atoms with van der Waals surface area (Å²) < 4.78 is 1.52. The summed E-state index contributed by atoms with van der Waals surface area (Å²) in [5, 5.41) is 25.9. The van der Waals surface area contributed by atoms with Crippen molar-refractivity contribution in [3.63, 3.8) is 0 Å². The zero-order chi connectivity index (χ0) is 11.3. The lowest BCUT2D eigenvalue weighted by atomic mass is 10.2. The summed E-state index contributed by atoms with van der Waals surface area (Å²) in [5.74, 6) is 0. The maximum absolute atomic E-state index is 8.78. The first-order valence-electron chi connectivity index (χ1n) is 4.23. The van der Waals surface area contributed by atoms with Gasteiger partial charge >= 0.3 is 0 Å². The van der Waals surface area contributed by atoms with Crippen LogP contribution in [0.25, 0.3) is 0 Å². The highest BCUT2D eigenvalue weighted by Gasteiger charge is 2.10. The zero-order valence-corrected chi connectivity index (χ0v) is 7.88. The second-order valence-corrected chi connectivity index (χ2v) is 2.88. The fourth-order valence-electron chi connectivity index (χ4n) is 1.09. The number of nitriles is 3. The van der Waals surface area contributed by atoms with Crippen molar-refractivity contribution in [1.29, 1.82) is 15.8 Å². The van der Waals surface area contributed by atoms with Crippen LogP contribution in [0.2, 0.25) is 0 Å². The van der Waals surface area contributed by atoms with E-state index in [2.05, 4.69) is 4.98 Å². The van der Waals surface area contributed by atoms with Gasteiger partial charge in [-0.1, -0.05) is 0 Å². The largest absolute Gasteiger partial charge is 0.321 e. The molecule has 0 fully saturated rings. The number of aromatic nitrogens is 2. The van der Waals surface area contributed by atoms with Crippen molar-refractivity contribution in [3.05, 3.63) is 17.7 Å². The lowest BCUT2D eigenvalue weighted by Gasteiger charge is -2.04. The van der Waals surface area contributed by atoms with Crippen LogP contribution in [-0.4, -0.2) is 15.6 Å². The van der Waals surface area contributed by atoms with Gasteiger partial charge in [0.2, 0.25) is 0 Å². The van der Waals surface area contributed by atoms with Gasteiger partial charge in [-0.15, -0.1) is 0 Å². The molecule has 1 heterocycles. The van der Waals surface area contributed by atoms with Crippen LogP contribution < -0.4 is 5.73 Å². The van der Waals surface area contributed by atoms with E-state index in [0.29, 0.717) is 13.0 Å². The van der Waals surface area contributed by atoms with E-state index in [1.807, 2.05) is 18.2 Å². The Kier molecular flexibility index (Phi) is 3.40.